The number of hydrogen-bond acceptors (Lipinski definition) is 4. The molecule has 5 nitrogen and oxygen atoms in total. The lowest BCUT2D eigenvalue weighted by atomic mass is 10.2. The van der Waals surface area contributed by atoms with Gasteiger partial charge in [-0.3, -0.25) is 4.79 Å². The molecule has 23 heavy (non-hydrogen) atoms. The predicted octanol–water partition coefficient (Wildman–Crippen LogP) is 3.20. The number of fused-ring (bicyclic) bond motifs is 1. The van der Waals surface area contributed by atoms with Gasteiger partial charge in [-0.25, -0.2) is 4.98 Å². The van der Waals surface area contributed by atoms with Crippen molar-refractivity contribution in [2.24, 2.45) is 0 Å². The van der Waals surface area contributed by atoms with Crippen LogP contribution in [0.25, 0.3) is 23.1 Å². The highest BCUT2D eigenvalue weighted by atomic mass is 16.5. The van der Waals surface area contributed by atoms with Crippen molar-refractivity contribution in [3.05, 3.63) is 64.2 Å². The van der Waals surface area contributed by atoms with Gasteiger partial charge in [0.25, 0.3) is 5.56 Å². The summed E-state index contributed by atoms with van der Waals surface area (Å²) >= 11 is 0. The van der Waals surface area contributed by atoms with Gasteiger partial charge in [-0.05, 0) is 42.8 Å². The molecule has 2 aromatic carbocycles. The lowest BCUT2D eigenvalue weighted by Crippen LogP contribution is -2.09. The van der Waals surface area contributed by atoms with E-state index in [1.165, 1.54) is 0 Å². The largest absolute Gasteiger partial charge is 0.504 e. The van der Waals surface area contributed by atoms with E-state index in [9.17, 15) is 9.90 Å². The maximum Gasteiger partial charge on any atom is 0.259 e. The summed E-state index contributed by atoms with van der Waals surface area (Å²) in [5.41, 5.74) is 1.31. The number of para-hydroxylation sites is 1. The first-order valence-corrected chi connectivity index (χ1v) is 7.30. The van der Waals surface area contributed by atoms with Gasteiger partial charge in [0.2, 0.25) is 0 Å². The molecule has 116 valence electrons. The summed E-state index contributed by atoms with van der Waals surface area (Å²) in [6.07, 6.45) is 3.52. The minimum absolute atomic E-state index is 0.0984. The van der Waals surface area contributed by atoms with E-state index in [0.717, 1.165) is 5.56 Å². The SMILES string of the molecule is CCOc1cc(C=Cc2nc3ccccc3c(=O)[nH]2)ccc1O. The number of H-pyrrole nitrogens is 1. The number of ether oxygens (including phenoxy) is 1. The summed E-state index contributed by atoms with van der Waals surface area (Å²) in [6, 6.07) is 12.2. The van der Waals surface area contributed by atoms with E-state index in [2.05, 4.69) is 9.97 Å². The number of nitrogens with zero attached hydrogens (tertiary/aromatic N) is 1. The van der Waals surface area contributed by atoms with Crippen molar-refractivity contribution in [3.8, 4) is 11.5 Å². The maximum absolute atomic E-state index is 12.0. The molecule has 1 aromatic heterocycles. The minimum Gasteiger partial charge on any atom is -0.504 e. The summed E-state index contributed by atoms with van der Waals surface area (Å²) < 4.78 is 5.35. The zero-order valence-electron chi connectivity index (χ0n) is 12.6. The van der Waals surface area contributed by atoms with Crippen LogP contribution in [0.2, 0.25) is 0 Å². The molecule has 0 saturated heterocycles. The molecule has 0 amide bonds. The highest BCUT2D eigenvalue weighted by molar-refractivity contribution is 5.79. The first kappa shape index (κ1) is 14.8. The van der Waals surface area contributed by atoms with Gasteiger partial charge in [-0.1, -0.05) is 24.3 Å². The molecule has 3 aromatic rings. The molecule has 0 aliphatic heterocycles. The molecular weight excluding hydrogens is 292 g/mol. The summed E-state index contributed by atoms with van der Waals surface area (Å²) in [7, 11) is 0. The van der Waals surface area contributed by atoms with Crippen LogP contribution in [0.5, 0.6) is 11.5 Å². The van der Waals surface area contributed by atoms with Crippen molar-refractivity contribution in [2.75, 3.05) is 6.61 Å². The summed E-state index contributed by atoms with van der Waals surface area (Å²) in [4.78, 5) is 19.2. The minimum atomic E-state index is -0.170. The average molecular weight is 308 g/mol. The predicted molar refractivity (Wildman–Crippen MR) is 90.6 cm³/mol. The van der Waals surface area contributed by atoms with Crippen LogP contribution in [0.4, 0.5) is 0 Å². The fraction of sp³-hybridized carbons (Fsp3) is 0.111. The molecule has 0 atom stereocenters. The Bertz CT molecular complexity index is 929. The van der Waals surface area contributed by atoms with Crippen LogP contribution in [-0.2, 0) is 0 Å². The zero-order valence-corrected chi connectivity index (χ0v) is 12.6. The zero-order chi connectivity index (χ0) is 16.2. The lowest BCUT2D eigenvalue weighted by molar-refractivity contribution is 0.318. The first-order valence-electron chi connectivity index (χ1n) is 7.30. The number of phenolic OH excluding ortho intramolecular Hbond substituents is 1. The molecule has 0 aliphatic carbocycles. The summed E-state index contributed by atoms with van der Waals surface area (Å²) in [5.74, 6) is 0.996. The number of phenols is 1. The standard InChI is InChI=1S/C18H16N2O3/c1-2-23-16-11-12(7-9-15(16)21)8-10-17-19-14-6-4-3-5-13(14)18(22)20-17/h3-11,21H,2H2,1H3,(H,19,20,22). The van der Waals surface area contributed by atoms with Crippen LogP contribution in [0.1, 0.15) is 18.3 Å². The van der Waals surface area contributed by atoms with Gasteiger partial charge in [0, 0.05) is 0 Å². The summed E-state index contributed by atoms with van der Waals surface area (Å²) in [5, 5.41) is 10.3. The number of aromatic nitrogens is 2. The Morgan fingerprint density at radius 2 is 2.04 bits per heavy atom. The number of benzene rings is 2. The van der Waals surface area contributed by atoms with Crippen LogP contribution >= 0.6 is 0 Å². The third-order valence-electron chi connectivity index (χ3n) is 3.35. The molecule has 0 saturated carbocycles. The molecule has 1 heterocycles. The van der Waals surface area contributed by atoms with Gasteiger partial charge in [0.15, 0.2) is 11.5 Å². The van der Waals surface area contributed by atoms with Gasteiger partial charge < -0.3 is 14.8 Å². The number of aromatic amines is 1. The maximum atomic E-state index is 12.0. The molecule has 0 unspecified atom stereocenters. The normalized spacial score (nSPS) is 11.2. The third kappa shape index (κ3) is 3.23. The van der Waals surface area contributed by atoms with Gasteiger partial charge >= 0.3 is 0 Å². The fourth-order valence-electron chi connectivity index (χ4n) is 2.26. The second kappa shape index (κ2) is 6.36. The fourth-order valence-corrected chi connectivity index (χ4v) is 2.26. The molecule has 3 rings (SSSR count). The quantitative estimate of drug-likeness (QED) is 0.776. The van der Waals surface area contributed by atoms with Crippen LogP contribution in [-0.4, -0.2) is 21.7 Å². The smallest absolute Gasteiger partial charge is 0.259 e. The Morgan fingerprint density at radius 3 is 2.87 bits per heavy atom. The second-order valence-electron chi connectivity index (χ2n) is 4.96. The van der Waals surface area contributed by atoms with Gasteiger partial charge in [-0.2, -0.15) is 0 Å². The Balaban J connectivity index is 1.94. The van der Waals surface area contributed by atoms with E-state index in [4.69, 9.17) is 4.74 Å². The van der Waals surface area contributed by atoms with E-state index in [-0.39, 0.29) is 11.3 Å². The van der Waals surface area contributed by atoms with Gasteiger partial charge in [0.1, 0.15) is 5.82 Å². The van der Waals surface area contributed by atoms with Crippen molar-refractivity contribution >= 4 is 23.1 Å². The Morgan fingerprint density at radius 1 is 1.22 bits per heavy atom. The van der Waals surface area contributed by atoms with Crippen LogP contribution < -0.4 is 10.3 Å². The number of hydrogen-bond donors (Lipinski definition) is 2. The topological polar surface area (TPSA) is 75.2 Å². The number of aromatic hydroxyl groups is 1. The second-order valence-corrected chi connectivity index (χ2v) is 4.96. The van der Waals surface area contributed by atoms with Gasteiger partial charge in [0.05, 0.1) is 17.5 Å². The molecule has 0 radical (unpaired) electrons. The van der Waals surface area contributed by atoms with Crippen LogP contribution in [0.3, 0.4) is 0 Å². The van der Waals surface area contributed by atoms with Gasteiger partial charge in [-0.15, -0.1) is 0 Å². The molecule has 0 bridgehead atoms. The average Bonchev–Trinajstić information content (AvgIpc) is 2.56. The van der Waals surface area contributed by atoms with Crippen molar-refractivity contribution in [1.82, 2.24) is 9.97 Å². The summed E-state index contributed by atoms with van der Waals surface area (Å²) in [6.45, 7) is 2.33. The van der Waals surface area contributed by atoms with E-state index in [1.807, 2.05) is 13.0 Å². The Kier molecular flexibility index (Phi) is 4.10. The molecular formula is C18H16N2O3. The first-order chi connectivity index (χ1) is 11.2. The van der Waals surface area contributed by atoms with E-state index >= 15 is 0 Å². The molecule has 0 aliphatic rings. The van der Waals surface area contributed by atoms with Crippen LogP contribution in [0.15, 0.2) is 47.3 Å². The van der Waals surface area contributed by atoms with Crippen molar-refractivity contribution in [1.29, 1.82) is 0 Å². The Labute approximate surface area is 132 Å². The van der Waals surface area contributed by atoms with Crippen LogP contribution in [0, 0.1) is 0 Å². The van der Waals surface area contributed by atoms with E-state index in [1.54, 1.807) is 48.6 Å². The monoisotopic (exact) mass is 308 g/mol. The van der Waals surface area contributed by atoms with E-state index in [0.29, 0.717) is 29.1 Å². The van der Waals surface area contributed by atoms with Crippen molar-refractivity contribution in [3.63, 3.8) is 0 Å². The molecule has 0 fully saturated rings. The van der Waals surface area contributed by atoms with E-state index < -0.39 is 0 Å². The third-order valence-corrected chi connectivity index (χ3v) is 3.35. The van der Waals surface area contributed by atoms with Crippen molar-refractivity contribution in [2.45, 2.75) is 6.92 Å². The highest BCUT2D eigenvalue weighted by Gasteiger charge is 2.03. The molecule has 0 spiro atoms. The molecule has 5 heteroatoms. The number of nitrogens with one attached hydrogen (secondary N) is 1. The molecule has 2 N–H and O–H groups in total. The highest BCUT2D eigenvalue weighted by Crippen LogP contribution is 2.27. The Hall–Kier alpha value is -3.08. The van der Waals surface area contributed by atoms with Crippen molar-refractivity contribution < 1.29 is 9.84 Å². The number of rotatable bonds is 4. The lowest BCUT2D eigenvalue weighted by Gasteiger charge is -2.06.